The summed E-state index contributed by atoms with van der Waals surface area (Å²) in [6.07, 6.45) is 10.6. The average molecular weight is 242 g/mol. The zero-order valence-electron chi connectivity index (χ0n) is 11.0. The highest BCUT2D eigenvalue weighted by Crippen LogP contribution is 2.20. The summed E-state index contributed by atoms with van der Waals surface area (Å²) >= 11 is 0. The summed E-state index contributed by atoms with van der Waals surface area (Å²) in [6, 6.07) is 0. The highest BCUT2D eigenvalue weighted by atomic mass is 16.5. The molecule has 1 aliphatic heterocycles. The summed E-state index contributed by atoms with van der Waals surface area (Å²) in [6.45, 7) is 3.90. The minimum atomic E-state index is -0.259. The molecule has 17 heavy (non-hydrogen) atoms. The Balaban J connectivity index is 1.57. The lowest BCUT2D eigenvalue weighted by Crippen LogP contribution is -3.14. The largest absolute Gasteiger partial charge is 0.385 e. The lowest BCUT2D eigenvalue weighted by molar-refractivity contribution is -0.908. The van der Waals surface area contributed by atoms with E-state index < -0.39 is 0 Å². The van der Waals surface area contributed by atoms with Crippen LogP contribution in [-0.2, 0) is 4.74 Å². The Morgan fingerprint density at radius 3 is 2.35 bits per heavy atom. The number of quaternary nitrogens is 1. The van der Waals surface area contributed by atoms with E-state index in [1.54, 1.807) is 4.90 Å². The zero-order chi connectivity index (χ0) is 11.9. The molecule has 2 aliphatic rings. The van der Waals surface area contributed by atoms with E-state index in [1.807, 2.05) is 0 Å². The Morgan fingerprint density at radius 2 is 1.65 bits per heavy atom. The van der Waals surface area contributed by atoms with E-state index in [4.69, 9.17) is 4.74 Å². The number of piperidine rings is 1. The van der Waals surface area contributed by atoms with E-state index >= 15 is 0 Å². The SMILES string of the molecule is O[C@@H](COC1CCCCC1)C[NH+]1CCCCC1. The molecule has 1 atom stereocenters. The summed E-state index contributed by atoms with van der Waals surface area (Å²) in [4.78, 5) is 1.57. The average Bonchev–Trinajstić information content (AvgIpc) is 2.39. The molecule has 0 bridgehead atoms. The van der Waals surface area contributed by atoms with E-state index in [-0.39, 0.29) is 6.10 Å². The highest BCUT2D eigenvalue weighted by Gasteiger charge is 2.20. The fourth-order valence-corrected chi connectivity index (χ4v) is 3.13. The van der Waals surface area contributed by atoms with Crippen LogP contribution in [0.15, 0.2) is 0 Å². The Hall–Kier alpha value is -0.120. The lowest BCUT2D eigenvalue weighted by Gasteiger charge is -2.27. The van der Waals surface area contributed by atoms with Crippen molar-refractivity contribution in [3.63, 3.8) is 0 Å². The standard InChI is InChI=1S/C14H27NO2/c16-13(11-15-9-5-2-6-10-15)12-17-14-7-3-1-4-8-14/h13-14,16H,1-12H2/p+1/t13-/m1/s1. The third kappa shape index (κ3) is 4.94. The molecule has 0 spiro atoms. The summed E-state index contributed by atoms with van der Waals surface area (Å²) in [5, 5.41) is 9.99. The summed E-state index contributed by atoms with van der Waals surface area (Å²) in [5.74, 6) is 0. The van der Waals surface area contributed by atoms with Crippen LogP contribution in [0.5, 0.6) is 0 Å². The van der Waals surface area contributed by atoms with Crippen LogP contribution in [0.2, 0.25) is 0 Å². The third-order valence-electron chi connectivity index (χ3n) is 4.16. The first-order valence-corrected chi connectivity index (χ1v) is 7.48. The van der Waals surface area contributed by atoms with E-state index in [1.165, 1.54) is 64.5 Å². The molecular formula is C14H28NO2+. The van der Waals surface area contributed by atoms with Crippen LogP contribution < -0.4 is 4.90 Å². The molecule has 0 amide bonds. The van der Waals surface area contributed by atoms with Crippen molar-refractivity contribution in [3.8, 4) is 0 Å². The summed E-state index contributed by atoms with van der Waals surface area (Å²) in [7, 11) is 0. The molecule has 0 aromatic carbocycles. The van der Waals surface area contributed by atoms with Gasteiger partial charge in [-0.15, -0.1) is 0 Å². The Bertz CT molecular complexity index is 198. The Labute approximate surface area is 105 Å². The highest BCUT2D eigenvalue weighted by molar-refractivity contribution is 4.66. The number of aliphatic hydroxyl groups excluding tert-OH is 1. The van der Waals surface area contributed by atoms with Crippen LogP contribution in [0.25, 0.3) is 0 Å². The molecular weight excluding hydrogens is 214 g/mol. The number of rotatable bonds is 5. The minimum absolute atomic E-state index is 0.259. The third-order valence-corrected chi connectivity index (χ3v) is 4.16. The molecule has 100 valence electrons. The number of likely N-dealkylation sites (tertiary alicyclic amines) is 1. The van der Waals surface area contributed by atoms with Gasteiger partial charge in [0.15, 0.2) is 0 Å². The molecule has 0 radical (unpaired) electrons. The van der Waals surface area contributed by atoms with E-state index in [9.17, 15) is 5.11 Å². The summed E-state index contributed by atoms with van der Waals surface area (Å²) in [5.41, 5.74) is 0. The molecule has 0 unspecified atom stereocenters. The van der Waals surface area contributed by atoms with Gasteiger partial charge in [-0.2, -0.15) is 0 Å². The fourth-order valence-electron chi connectivity index (χ4n) is 3.13. The van der Waals surface area contributed by atoms with E-state index in [2.05, 4.69) is 0 Å². The van der Waals surface area contributed by atoms with Crippen LogP contribution >= 0.6 is 0 Å². The van der Waals surface area contributed by atoms with Crippen LogP contribution in [-0.4, -0.2) is 43.6 Å². The molecule has 1 aliphatic carbocycles. The molecule has 2 fully saturated rings. The van der Waals surface area contributed by atoms with Crippen LogP contribution in [0.3, 0.4) is 0 Å². The number of aliphatic hydroxyl groups is 1. The maximum atomic E-state index is 9.99. The fraction of sp³-hybridized carbons (Fsp3) is 1.00. The van der Waals surface area contributed by atoms with Gasteiger partial charge >= 0.3 is 0 Å². The van der Waals surface area contributed by atoms with E-state index in [0.717, 1.165) is 6.54 Å². The molecule has 1 saturated carbocycles. The first-order chi connectivity index (χ1) is 8.34. The lowest BCUT2D eigenvalue weighted by atomic mass is 9.98. The van der Waals surface area contributed by atoms with Crippen molar-refractivity contribution in [1.29, 1.82) is 0 Å². The van der Waals surface area contributed by atoms with Gasteiger partial charge in [0, 0.05) is 0 Å². The predicted molar refractivity (Wildman–Crippen MR) is 68.2 cm³/mol. The van der Waals surface area contributed by atoms with Gasteiger partial charge in [0.1, 0.15) is 12.6 Å². The quantitative estimate of drug-likeness (QED) is 0.746. The Kier molecular flexibility index (Phi) is 5.75. The molecule has 2 N–H and O–H groups in total. The van der Waals surface area contributed by atoms with Gasteiger partial charge in [-0.25, -0.2) is 0 Å². The molecule has 3 heteroatoms. The monoisotopic (exact) mass is 242 g/mol. The van der Waals surface area contributed by atoms with Crippen molar-refractivity contribution in [2.24, 2.45) is 0 Å². The van der Waals surface area contributed by atoms with Crippen molar-refractivity contribution < 1.29 is 14.7 Å². The normalized spacial score (nSPS) is 25.9. The second kappa shape index (κ2) is 7.34. The molecule has 1 heterocycles. The number of nitrogens with one attached hydrogen (secondary N) is 1. The van der Waals surface area contributed by atoms with Crippen LogP contribution in [0, 0.1) is 0 Å². The van der Waals surface area contributed by atoms with Crippen LogP contribution in [0.4, 0.5) is 0 Å². The van der Waals surface area contributed by atoms with Gasteiger partial charge in [-0.1, -0.05) is 19.3 Å². The smallest absolute Gasteiger partial charge is 0.126 e. The van der Waals surface area contributed by atoms with Crippen molar-refractivity contribution in [1.82, 2.24) is 0 Å². The van der Waals surface area contributed by atoms with Crippen molar-refractivity contribution in [3.05, 3.63) is 0 Å². The molecule has 3 nitrogen and oxygen atoms in total. The minimum Gasteiger partial charge on any atom is -0.385 e. The zero-order valence-corrected chi connectivity index (χ0v) is 11.0. The second-order valence-electron chi connectivity index (χ2n) is 5.76. The van der Waals surface area contributed by atoms with Gasteiger partial charge in [0.2, 0.25) is 0 Å². The molecule has 0 aromatic heterocycles. The Morgan fingerprint density at radius 1 is 1.00 bits per heavy atom. The maximum Gasteiger partial charge on any atom is 0.126 e. The van der Waals surface area contributed by atoms with Crippen molar-refractivity contribution in [2.45, 2.75) is 63.6 Å². The maximum absolute atomic E-state index is 9.99. The van der Waals surface area contributed by atoms with E-state index in [0.29, 0.717) is 12.7 Å². The van der Waals surface area contributed by atoms with Gasteiger partial charge in [0.05, 0.1) is 25.8 Å². The van der Waals surface area contributed by atoms with Gasteiger partial charge in [-0.05, 0) is 32.1 Å². The number of hydrogen-bond acceptors (Lipinski definition) is 2. The molecule has 0 aromatic rings. The van der Waals surface area contributed by atoms with Gasteiger partial charge in [-0.3, -0.25) is 0 Å². The molecule has 2 rings (SSSR count). The first-order valence-electron chi connectivity index (χ1n) is 7.48. The van der Waals surface area contributed by atoms with Crippen molar-refractivity contribution >= 4 is 0 Å². The molecule has 1 saturated heterocycles. The van der Waals surface area contributed by atoms with Crippen LogP contribution in [0.1, 0.15) is 51.4 Å². The first kappa shape index (κ1) is 13.3. The topological polar surface area (TPSA) is 33.9 Å². The number of hydrogen-bond donors (Lipinski definition) is 2. The summed E-state index contributed by atoms with van der Waals surface area (Å²) < 4.78 is 5.82. The van der Waals surface area contributed by atoms with Crippen molar-refractivity contribution in [2.75, 3.05) is 26.2 Å². The van der Waals surface area contributed by atoms with Gasteiger partial charge in [0.25, 0.3) is 0 Å². The predicted octanol–water partition coefficient (Wildman–Crippen LogP) is 0.765. The van der Waals surface area contributed by atoms with Gasteiger partial charge < -0.3 is 14.7 Å². The second-order valence-corrected chi connectivity index (χ2v) is 5.76. The number of ether oxygens (including phenoxy) is 1.